The number of aryl methyl sites for hydroxylation is 1. The minimum absolute atomic E-state index is 0.149. The Morgan fingerprint density at radius 1 is 1.69 bits per heavy atom. The lowest BCUT2D eigenvalue weighted by Gasteiger charge is -2.09. The summed E-state index contributed by atoms with van der Waals surface area (Å²) >= 11 is 0. The van der Waals surface area contributed by atoms with Crippen molar-refractivity contribution in [3.05, 3.63) is 17.8 Å². The molecule has 1 aromatic heterocycles. The average molecular weight is 223 g/mol. The molecule has 1 aromatic rings. The van der Waals surface area contributed by atoms with E-state index >= 15 is 0 Å². The van der Waals surface area contributed by atoms with Crippen molar-refractivity contribution in [1.29, 1.82) is 0 Å². The van der Waals surface area contributed by atoms with E-state index in [1.54, 1.807) is 6.20 Å². The highest BCUT2D eigenvalue weighted by Crippen LogP contribution is 2.06. The lowest BCUT2D eigenvalue weighted by atomic mass is 10.2. The van der Waals surface area contributed by atoms with Crippen LogP contribution in [0.5, 0.6) is 0 Å². The van der Waals surface area contributed by atoms with Gasteiger partial charge in [0, 0.05) is 25.4 Å². The van der Waals surface area contributed by atoms with Crippen molar-refractivity contribution in [2.45, 2.75) is 38.8 Å². The van der Waals surface area contributed by atoms with Crippen molar-refractivity contribution in [2.75, 3.05) is 6.54 Å². The summed E-state index contributed by atoms with van der Waals surface area (Å²) in [7, 11) is 0. The molecule has 16 heavy (non-hydrogen) atoms. The molecule has 1 atom stereocenters. The van der Waals surface area contributed by atoms with Crippen LogP contribution in [-0.4, -0.2) is 23.5 Å². The quantitative estimate of drug-likeness (QED) is 0.767. The molecule has 0 saturated carbocycles. The summed E-state index contributed by atoms with van der Waals surface area (Å²) in [6, 6.07) is 0.258. The predicted octanol–water partition coefficient (Wildman–Crippen LogP) is 0.605. The number of nitrogens with zero attached hydrogens (tertiary/aromatic N) is 1. The Kier molecular flexibility index (Phi) is 3.56. The van der Waals surface area contributed by atoms with E-state index in [2.05, 4.69) is 15.6 Å². The van der Waals surface area contributed by atoms with Crippen molar-refractivity contribution in [1.82, 2.24) is 15.6 Å². The fourth-order valence-corrected chi connectivity index (χ4v) is 1.78. The van der Waals surface area contributed by atoms with Crippen molar-refractivity contribution in [2.24, 2.45) is 0 Å². The third kappa shape index (κ3) is 2.82. The zero-order valence-electron chi connectivity index (χ0n) is 9.45. The van der Waals surface area contributed by atoms with Crippen molar-refractivity contribution in [3.8, 4) is 0 Å². The van der Waals surface area contributed by atoms with Crippen molar-refractivity contribution < 1.29 is 9.21 Å². The van der Waals surface area contributed by atoms with Crippen molar-refractivity contribution in [3.63, 3.8) is 0 Å². The van der Waals surface area contributed by atoms with E-state index in [1.807, 2.05) is 6.92 Å². The number of aromatic nitrogens is 1. The van der Waals surface area contributed by atoms with Gasteiger partial charge in [0.05, 0.1) is 12.7 Å². The van der Waals surface area contributed by atoms with Crippen LogP contribution in [0.4, 0.5) is 0 Å². The van der Waals surface area contributed by atoms with Crippen LogP contribution >= 0.6 is 0 Å². The number of oxazole rings is 1. The Hall–Kier alpha value is -1.36. The largest absolute Gasteiger partial charge is 0.444 e. The van der Waals surface area contributed by atoms with Crippen LogP contribution in [0.25, 0.3) is 0 Å². The standard InChI is InChI=1S/C11H17N3O2/c1-2-9-6-13-11(16-9)7-12-5-8-3-4-10(15)14-8/h6,8,12H,2-5,7H2,1H3,(H,14,15). The molecule has 5 heteroatoms. The van der Waals surface area contributed by atoms with Crippen LogP contribution < -0.4 is 10.6 Å². The summed E-state index contributed by atoms with van der Waals surface area (Å²) < 4.78 is 5.46. The van der Waals surface area contributed by atoms with Crippen LogP contribution in [0.3, 0.4) is 0 Å². The van der Waals surface area contributed by atoms with Gasteiger partial charge in [-0.15, -0.1) is 0 Å². The number of hydrogen-bond donors (Lipinski definition) is 2. The first kappa shape index (κ1) is 11.1. The highest BCUT2D eigenvalue weighted by molar-refractivity contribution is 5.78. The lowest BCUT2D eigenvalue weighted by molar-refractivity contribution is -0.119. The maximum absolute atomic E-state index is 11.0. The van der Waals surface area contributed by atoms with Gasteiger partial charge in [-0.1, -0.05) is 6.92 Å². The normalized spacial score (nSPS) is 20.1. The molecular weight excluding hydrogens is 206 g/mol. The fourth-order valence-electron chi connectivity index (χ4n) is 1.78. The third-order valence-electron chi connectivity index (χ3n) is 2.70. The lowest BCUT2D eigenvalue weighted by Crippen LogP contribution is -2.35. The van der Waals surface area contributed by atoms with E-state index in [0.29, 0.717) is 18.9 Å². The molecule has 1 saturated heterocycles. The molecule has 0 aromatic carbocycles. The van der Waals surface area contributed by atoms with E-state index < -0.39 is 0 Å². The van der Waals surface area contributed by atoms with Gasteiger partial charge in [-0.05, 0) is 6.42 Å². The molecule has 2 rings (SSSR count). The number of nitrogens with one attached hydrogen (secondary N) is 2. The summed E-state index contributed by atoms with van der Waals surface area (Å²) in [6.07, 6.45) is 4.18. The molecule has 1 aliphatic rings. The van der Waals surface area contributed by atoms with Gasteiger partial charge < -0.3 is 15.1 Å². The van der Waals surface area contributed by atoms with Gasteiger partial charge in [0.2, 0.25) is 11.8 Å². The Labute approximate surface area is 94.6 Å². The summed E-state index contributed by atoms with van der Waals surface area (Å²) in [5, 5.41) is 6.13. The van der Waals surface area contributed by atoms with E-state index in [1.165, 1.54) is 0 Å². The van der Waals surface area contributed by atoms with Crippen LogP contribution in [0, 0.1) is 0 Å². The number of hydrogen-bond acceptors (Lipinski definition) is 4. The SMILES string of the molecule is CCc1cnc(CNCC2CCC(=O)N2)o1. The van der Waals surface area contributed by atoms with E-state index in [9.17, 15) is 4.79 Å². The van der Waals surface area contributed by atoms with Gasteiger partial charge in [-0.25, -0.2) is 4.98 Å². The van der Waals surface area contributed by atoms with E-state index in [0.717, 1.165) is 25.1 Å². The minimum Gasteiger partial charge on any atom is -0.444 e. The molecule has 5 nitrogen and oxygen atoms in total. The van der Waals surface area contributed by atoms with Gasteiger partial charge in [0.25, 0.3) is 0 Å². The molecule has 1 amide bonds. The topological polar surface area (TPSA) is 67.2 Å². The Bertz CT molecular complexity index is 362. The molecule has 88 valence electrons. The van der Waals surface area contributed by atoms with Gasteiger partial charge in [-0.2, -0.15) is 0 Å². The first-order chi connectivity index (χ1) is 7.78. The van der Waals surface area contributed by atoms with Crippen LogP contribution in [0.1, 0.15) is 31.4 Å². The summed E-state index contributed by atoms with van der Waals surface area (Å²) in [5.74, 6) is 1.77. The molecule has 1 fully saturated rings. The second-order valence-corrected chi connectivity index (χ2v) is 4.01. The number of rotatable bonds is 5. The Morgan fingerprint density at radius 3 is 3.19 bits per heavy atom. The Balaban J connectivity index is 1.69. The van der Waals surface area contributed by atoms with E-state index in [4.69, 9.17) is 4.42 Å². The first-order valence-electron chi connectivity index (χ1n) is 5.71. The van der Waals surface area contributed by atoms with Gasteiger partial charge in [0.15, 0.2) is 0 Å². The maximum Gasteiger partial charge on any atom is 0.220 e. The first-order valence-corrected chi connectivity index (χ1v) is 5.71. The van der Waals surface area contributed by atoms with Crippen LogP contribution in [0.2, 0.25) is 0 Å². The van der Waals surface area contributed by atoms with E-state index in [-0.39, 0.29) is 11.9 Å². The summed E-state index contributed by atoms with van der Waals surface area (Å²) in [6.45, 7) is 3.42. The maximum atomic E-state index is 11.0. The smallest absolute Gasteiger partial charge is 0.220 e. The second kappa shape index (κ2) is 5.12. The molecule has 1 aliphatic heterocycles. The van der Waals surface area contributed by atoms with Crippen LogP contribution in [0.15, 0.2) is 10.6 Å². The zero-order valence-corrected chi connectivity index (χ0v) is 9.45. The molecule has 0 bridgehead atoms. The molecule has 2 heterocycles. The molecule has 1 unspecified atom stereocenters. The monoisotopic (exact) mass is 223 g/mol. The van der Waals surface area contributed by atoms with Gasteiger partial charge in [-0.3, -0.25) is 4.79 Å². The van der Waals surface area contributed by atoms with Crippen LogP contribution in [-0.2, 0) is 17.8 Å². The highest BCUT2D eigenvalue weighted by atomic mass is 16.4. The molecule has 0 spiro atoms. The molecular formula is C11H17N3O2. The molecule has 0 radical (unpaired) electrons. The second-order valence-electron chi connectivity index (χ2n) is 4.01. The highest BCUT2D eigenvalue weighted by Gasteiger charge is 2.19. The number of carbonyl (C=O) groups excluding carboxylic acids is 1. The number of carbonyl (C=O) groups is 1. The van der Waals surface area contributed by atoms with Gasteiger partial charge >= 0.3 is 0 Å². The summed E-state index contributed by atoms with van der Waals surface area (Å²) in [5.41, 5.74) is 0. The molecule has 0 aliphatic carbocycles. The molecule has 2 N–H and O–H groups in total. The van der Waals surface area contributed by atoms with Gasteiger partial charge in [0.1, 0.15) is 5.76 Å². The average Bonchev–Trinajstić information content (AvgIpc) is 2.88. The Morgan fingerprint density at radius 2 is 2.56 bits per heavy atom. The summed E-state index contributed by atoms with van der Waals surface area (Å²) in [4.78, 5) is 15.1. The predicted molar refractivity (Wildman–Crippen MR) is 58.8 cm³/mol. The minimum atomic E-state index is 0.149. The zero-order chi connectivity index (χ0) is 11.4. The fraction of sp³-hybridized carbons (Fsp3) is 0.636. The number of amides is 1. The third-order valence-corrected chi connectivity index (χ3v) is 2.70. The van der Waals surface area contributed by atoms with Crippen molar-refractivity contribution >= 4 is 5.91 Å².